The molecule has 0 aromatic heterocycles. The molecule has 7 nitrogen and oxygen atoms in total. The van der Waals surface area contributed by atoms with Gasteiger partial charge in [0.15, 0.2) is 5.11 Å². The molecule has 1 aromatic carbocycles. The number of ether oxygens (including phenoxy) is 2. The summed E-state index contributed by atoms with van der Waals surface area (Å²) in [7, 11) is 3.39. The second-order valence-corrected chi connectivity index (χ2v) is 11.2. The zero-order valence-electron chi connectivity index (χ0n) is 20.8. The summed E-state index contributed by atoms with van der Waals surface area (Å²) in [6.45, 7) is 2.37. The van der Waals surface area contributed by atoms with Gasteiger partial charge in [-0.25, -0.2) is 4.79 Å². The van der Waals surface area contributed by atoms with Crippen LogP contribution in [-0.2, 0) is 19.1 Å². The highest BCUT2D eigenvalue weighted by Crippen LogP contribution is 2.60. The first-order chi connectivity index (χ1) is 16.8. The highest BCUT2D eigenvalue weighted by Gasteiger charge is 2.54. The fraction of sp³-hybridized carbons (Fsp3) is 0.593. The summed E-state index contributed by atoms with van der Waals surface area (Å²) in [6, 6.07) is 7.26. The molecule has 0 radical (unpaired) electrons. The lowest BCUT2D eigenvalue weighted by Crippen LogP contribution is -2.51. The topological polar surface area (TPSA) is 79.9 Å². The van der Waals surface area contributed by atoms with Gasteiger partial charge in [-0.15, -0.1) is 0 Å². The first-order valence-electron chi connectivity index (χ1n) is 12.6. The van der Waals surface area contributed by atoms with Crippen molar-refractivity contribution < 1.29 is 19.1 Å². The molecule has 188 valence electrons. The van der Waals surface area contributed by atoms with E-state index in [9.17, 15) is 9.59 Å². The standard InChI is InChI=1S/C27H35N3O4S/c1-16-22(24(31)34-8-7-33-3)23(29-26(35)30(16)2)20-5-4-6-21(12-20)28-25(32)27-13-17-9-18(14-27)11-19(10-17)15-27/h4-6,12,17-19,23H,7-11,13-15H2,1-3H3,(H,28,32)(H,29,35). The van der Waals surface area contributed by atoms with Crippen LogP contribution < -0.4 is 10.6 Å². The van der Waals surface area contributed by atoms with Gasteiger partial charge in [-0.3, -0.25) is 4.79 Å². The summed E-state index contributed by atoms with van der Waals surface area (Å²) < 4.78 is 10.5. The number of carbonyl (C=O) groups is 2. The van der Waals surface area contributed by atoms with Crippen molar-refractivity contribution in [3.63, 3.8) is 0 Å². The van der Waals surface area contributed by atoms with E-state index in [1.165, 1.54) is 19.3 Å². The highest BCUT2D eigenvalue weighted by molar-refractivity contribution is 7.80. The van der Waals surface area contributed by atoms with Crippen LogP contribution in [-0.4, -0.2) is 49.3 Å². The number of carbonyl (C=O) groups excluding carboxylic acids is 2. The fourth-order valence-electron chi connectivity index (χ4n) is 7.09. The molecule has 0 saturated heterocycles. The van der Waals surface area contributed by atoms with Gasteiger partial charge in [-0.1, -0.05) is 12.1 Å². The zero-order valence-corrected chi connectivity index (χ0v) is 21.6. The predicted octanol–water partition coefficient (Wildman–Crippen LogP) is 4.17. The number of esters is 1. The quantitative estimate of drug-likeness (QED) is 0.333. The van der Waals surface area contributed by atoms with Gasteiger partial charge in [0.1, 0.15) is 6.61 Å². The van der Waals surface area contributed by atoms with E-state index in [1.54, 1.807) is 12.0 Å². The maximum absolute atomic E-state index is 13.6. The smallest absolute Gasteiger partial charge is 0.338 e. The van der Waals surface area contributed by atoms with Crippen LogP contribution in [0.3, 0.4) is 0 Å². The Bertz CT molecular complexity index is 1030. The number of amides is 1. The Morgan fingerprint density at radius 3 is 2.43 bits per heavy atom. The van der Waals surface area contributed by atoms with E-state index >= 15 is 0 Å². The molecule has 1 atom stereocenters. The van der Waals surface area contributed by atoms with Gasteiger partial charge in [0.25, 0.3) is 0 Å². The highest BCUT2D eigenvalue weighted by atomic mass is 32.1. The Morgan fingerprint density at radius 1 is 1.14 bits per heavy atom. The third kappa shape index (κ3) is 4.58. The number of methoxy groups -OCH3 is 1. The van der Waals surface area contributed by atoms with E-state index in [2.05, 4.69) is 10.6 Å². The molecule has 35 heavy (non-hydrogen) atoms. The van der Waals surface area contributed by atoms with Crippen molar-refractivity contribution in [3.05, 3.63) is 41.1 Å². The zero-order chi connectivity index (χ0) is 24.7. The number of nitrogens with zero attached hydrogens (tertiary/aromatic N) is 1. The average molecular weight is 498 g/mol. The Kier molecular flexibility index (Phi) is 6.61. The molecule has 1 heterocycles. The number of anilines is 1. The lowest BCUT2D eigenvalue weighted by molar-refractivity contribution is -0.141. The van der Waals surface area contributed by atoms with E-state index in [0.29, 0.717) is 35.0 Å². The Hall–Kier alpha value is -2.45. The molecule has 1 aliphatic heterocycles. The molecule has 4 saturated carbocycles. The van der Waals surface area contributed by atoms with Gasteiger partial charge in [-0.2, -0.15) is 0 Å². The molecule has 6 rings (SSSR count). The molecule has 8 heteroatoms. The van der Waals surface area contributed by atoms with E-state index in [-0.39, 0.29) is 17.9 Å². The van der Waals surface area contributed by atoms with Crippen molar-refractivity contribution in [1.29, 1.82) is 0 Å². The van der Waals surface area contributed by atoms with Crippen molar-refractivity contribution in [1.82, 2.24) is 10.2 Å². The lowest BCUT2D eigenvalue weighted by Gasteiger charge is -2.55. The van der Waals surface area contributed by atoms with Crippen LogP contribution in [0.25, 0.3) is 0 Å². The maximum atomic E-state index is 13.6. The molecule has 5 aliphatic rings. The number of hydrogen-bond donors (Lipinski definition) is 2. The van der Waals surface area contributed by atoms with Gasteiger partial charge in [0, 0.05) is 25.5 Å². The first kappa shape index (κ1) is 24.3. The van der Waals surface area contributed by atoms with Crippen molar-refractivity contribution in [2.45, 2.75) is 51.5 Å². The second-order valence-electron chi connectivity index (χ2n) is 10.8. The van der Waals surface area contributed by atoms with Crippen LogP contribution in [0, 0.1) is 23.2 Å². The minimum Gasteiger partial charge on any atom is -0.460 e. The number of benzene rings is 1. The maximum Gasteiger partial charge on any atom is 0.338 e. The first-order valence-corrected chi connectivity index (χ1v) is 13.0. The fourth-order valence-corrected chi connectivity index (χ4v) is 7.35. The van der Waals surface area contributed by atoms with Crippen LogP contribution in [0.4, 0.5) is 5.69 Å². The molecular weight excluding hydrogens is 462 g/mol. The van der Waals surface area contributed by atoms with Crippen LogP contribution in [0.15, 0.2) is 35.5 Å². The molecule has 1 unspecified atom stereocenters. The van der Waals surface area contributed by atoms with Crippen LogP contribution in [0.2, 0.25) is 0 Å². The Labute approximate surface area is 212 Å². The molecule has 2 N–H and O–H groups in total. The van der Waals surface area contributed by atoms with Crippen molar-refractivity contribution in [2.75, 3.05) is 32.7 Å². The molecule has 4 aliphatic carbocycles. The SMILES string of the molecule is COCCOC(=O)C1=C(C)N(C)C(=S)NC1c1cccc(NC(=O)C23CC4CC(CC(C4)C2)C3)c1. The van der Waals surface area contributed by atoms with Crippen molar-refractivity contribution in [2.24, 2.45) is 23.2 Å². The third-order valence-corrected chi connectivity index (χ3v) is 8.88. The molecule has 0 spiro atoms. The summed E-state index contributed by atoms with van der Waals surface area (Å²) in [6.07, 6.45) is 6.98. The van der Waals surface area contributed by atoms with Gasteiger partial charge in [0.05, 0.1) is 23.6 Å². The van der Waals surface area contributed by atoms with Crippen molar-refractivity contribution >= 4 is 34.9 Å². The van der Waals surface area contributed by atoms with E-state index in [1.807, 2.05) is 38.2 Å². The summed E-state index contributed by atoms with van der Waals surface area (Å²) in [4.78, 5) is 28.4. The second kappa shape index (κ2) is 9.54. The van der Waals surface area contributed by atoms with Crippen LogP contribution in [0.1, 0.15) is 57.1 Å². The minimum atomic E-state index is -0.467. The molecule has 1 amide bonds. The lowest BCUT2D eigenvalue weighted by atomic mass is 9.49. The molecule has 1 aromatic rings. The average Bonchev–Trinajstić information content (AvgIpc) is 2.81. The molecule has 4 bridgehead atoms. The van der Waals surface area contributed by atoms with E-state index in [0.717, 1.165) is 36.2 Å². The third-order valence-electron chi connectivity index (χ3n) is 8.49. The monoisotopic (exact) mass is 497 g/mol. The minimum absolute atomic E-state index is 0.159. The molecular formula is C27H35N3O4S. The molecule has 4 fully saturated rings. The van der Waals surface area contributed by atoms with Crippen molar-refractivity contribution in [3.8, 4) is 0 Å². The normalized spacial score (nSPS) is 31.4. The largest absolute Gasteiger partial charge is 0.460 e. The van der Waals surface area contributed by atoms with Crippen LogP contribution >= 0.6 is 12.2 Å². The van der Waals surface area contributed by atoms with Gasteiger partial charge < -0.3 is 25.0 Å². The number of hydrogen-bond acceptors (Lipinski definition) is 5. The number of nitrogens with one attached hydrogen (secondary N) is 2. The van der Waals surface area contributed by atoms with E-state index < -0.39 is 12.0 Å². The number of thiocarbonyl (C=S) groups is 1. The number of rotatable bonds is 7. The Morgan fingerprint density at radius 2 is 1.80 bits per heavy atom. The van der Waals surface area contributed by atoms with Gasteiger partial charge in [-0.05, 0) is 93.1 Å². The Balaban J connectivity index is 1.37. The van der Waals surface area contributed by atoms with Gasteiger partial charge in [0.2, 0.25) is 5.91 Å². The summed E-state index contributed by atoms with van der Waals surface area (Å²) >= 11 is 5.52. The summed E-state index contributed by atoms with van der Waals surface area (Å²) in [5, 5.41) is 7.05. The van der Waals surface area contributed by atoms with Gasteiger partial charge >= 0.3 is 5.97 Å². The number of allylic oxidation sites excluding steroid dienone is 1. The van der Waals surface area contributed by atoms with E-state index in [4.69, 9.17) is 21.7 Å². The predicted molar refractivity (Wildman–Crippen MR) is 137 cm³/mol. The summed E-state index contributed by atoms with van der Waals surface area (Å²) in [5.74, 6) is 1.88. The van der Waals surface area contributed by atoms with Crippen LogP contribution in [0.5, 0.6) is 0 Å². The summed E-state index contributed by atoms with van der Waals surface area (Å²) in [5.41, 5.74) is 2.62.